The zero-order chi connectivity index (χ0) is 22.2. The second-order valence-corrected chi connectivity index (χ2v) is 5.94. The van der Waals surface area contributed by atoms with E-state index in [4.69, 9.17) is 0 Å². The Bertz CT molecular complexity index is 1190. The number of nitrogens with zero attached hydrogens (tertiary/aromatic N) is 3. The van der Waals surface area contributed by atoms with Gasteiger partial charge in [0.2, 0.25) is 5.91 Å². The van der Waals surface area contributed by atoms with Gasteiger partial charge in [0.1, 0.15) is 18.1 Å². The topological polar surface area (TPSA) is 76.9 Å². The number of carbonyl (C=O) groups is 1. The first-order valence-corrected chi connectivity index (χ1v) is 7.98. The van der Waals surface area contributed by atoms with Gasteiger partial charge in [-0.25, -0.2) is 27.2 Å². The van der Waals surface area contributed by atoms with E-state index >= 15 is 0 Å². The van der Waals surface area contributed by atoms with E-state index in [1.807, 2.05) is 5.32 Å². The van der Waals surface area contributed by atoms with E-state index in [1.54, 1.807) is 0 Å². The van der Waals surface area contributed by atoms with E-state index in [2.05, 4.69) is 10.1 Å². The third kappa shape index (κ3) is 4.23. The van der Waals surface area contributed by atoms with Crippen molar-refractivity contribution in [1.29, 1.82) is 0 Å². The maximum atomic E-state index is 13.5. The number of hydrogen-bond acceptors (Lipinski definition) is 4. The highest BCUT2D eigenvalue weighted by Crippen LogP contribution is 2.33. The summed E-state index contributed by atoms with van der Waals surface area (Å²) < 4.78 is 92.0. The Hall–Kier alpha value is -3.51. The van der Waals surface area contributed by atoms with E-state index in [0.717, 1.165) is 0 Å². The predicted molar refractivity (Wildman–Crippen MR) is 88.7 cm³/mol. The first kappa shape index (κ1) is 21.2. The zero-order valence-corrected chi connectivity index (χ0v) is 14.5. The van der Waals surface area contributed by atoms with Crippen LogP contribution in [0.1, 0.15) is 17.7 Å². The number of aromatic nitrogens is 3. The molecule has 2 heterocycles. The second kappa shape index (κ2) is 7.72. The van der Waals surface area contributed by atoms with Crippen LogP contribution in [0.5, 0.6) is 0 Å². The highest BCUT2D eigenvalue weighted by Gasteiger charge is 2.32. The van der Waals surface area contributed by atoms with Gasteiger partial charge in [-0.1, -0.05) is 0 Å². The smallest absolute Gasteiger partial charge is 0.307 e. The summed E-state index contributed by atoms with van der Waals surface area (Å²) in [6.07, 6.45) is -7.59. The molecular weight excluding hydrogens is 425 g/mol. The molecule has 6 nitrogen and oxygen atoms in total. The number of alkyl halides is 5. The van der Waals surface area contributed by atoms with Gasteiger partial charge in [0.05, 0.1) is 17.1 Å². The number of amides is 1. The van der Waals surface area contributed by atoms with Gasteiger partial charge in [-0.05, 0) is 18.2 Å². The Kier molecular flexibility index (Phi) is 5.46. The number of pyridine rings is 1. The molecule has 0 aliphatic carbocycles. The number of benzene rings is 1. The molecule has 0 bridgehead atoms. The van der Waals surface area contributed by atoms with Crippen LogP contribution in [-0.2, 0) is 17.5 Å². The number of nitrogens with one attached hydrogen (secondary N) is 1. The lowest BCUT2D eigenvalue weighted by atomic mass is 10.1. The van der Waals surface area contributed by atoms with Crippen molar-refractivity contribution in [3.05, 3.63) is 63.7 Å². The highest BCUT2D eigenvalue weighted by atomic mass is 19.4. The van der Waals surface area contributed by atoms with Crippen molar-refractivity contribution < 1.29 is 35.5 Å². The Morgan fingerprint density at radius 1 is 1.13 bits per heavy atom. The van der Waals surface area contributed by atoms with Crippen molar-refractivity contribution in [2.24, 2.45) is 0 Å². The van der Waals surface area contributed by atoms with Gasteiger partial charge < -0.3 is 5.32 Å². The first-order chi connectivity index (χ1) is 14.0. The molecule has 0 atom stereocenters. The van der Waals surface area contributed by atoms with Crippen LogP contribution in [0.4, 0.5) is 36.6 Å². The number of anilines is 1. The molecule has 0 aliphatic heterocycles. The standard InChI is InChI=1S/C17H9F7N4O2/c18-8-4-11(19)15(25-5-8)26-12(29)6-28-16(30)9-2-1-7(17(22,23)24)3-10(9)13(27-28)14(20)21/h1-5,14H,6H2,(H,25,26,29). The van der Waals surface area contributed by atoms with E-state index in [0.29, 0.717) is 35.1 Å². The van der Waals surface area contributed by atoms with Crippen molar-refractivity contribution in [2.75, 3.05) is 5.32 Å². The van der Waals surface area contributed by atoms with Gasteiger partial charge in [0.15, 0.2) is 11.6 Å². The number of fused-ring (bicyclic) bond motifs is 1. The monoisotopic (exact) mass is 434 g/mol. The average molecular weight is 434 g/mol. The number of carbonyl (C=O) groups excluding carboxylic acids is 1. The van der Waals surface area contributed by atoms with Crippen LogP contribution in [0, 0.1) is 11.6 Å². The van der Waals surface area contributed by atoms with Crippen LogP contribution in [0.3, 0.4) is 0 Å². The highest BCUT2D eigenvalue weighted by molar-refractivity contribution is 5.90. The molecule has 0 saturated carbocycles. The minimum absolute atomic E-state index is 0.299. The van der Waals surface area contributed by atoms with E-state index < -0.39 is 70.1 Å². The molecule has 0 aliphatic rings. The largest absolute Gasteiger partial charge is 0.416 e. The summed E-state index contributed by atoms with van der Waals surface area (Å²) in [5, 5.41) is 3.97. The van der Waals surface area contributed by atoms with E-state index in [-0.39, 0.29) is 0 Å². The zero-order valence-electron chi connectivity index (χ0n) is 14.5. The molecule has 30 heavy (non-hydrogen) atoms. The SMILES string of the molecule is O=C(Cn1nc(C(F)F)c2cc(C(F)(F)F)ccc2c1=O)Nc1ncc(F)cc1F. The van der Waals surface area contributed by atoms with Crippen LogP contribution in [0.15, 0.2) is 35.3 Å². The summed E-state index contributed by atoms with van der Waals surface area (Å²) in [6, 6.07) is 2.02. The van der Waals surface area contributed by atoms with Gasteiger partial charge in [-0.2, -0.15) is 18.3 Å². The minimum atomic E-state index is -4.84. The molecule has 0 saturated heterocycles. The molecule has 158 valence electrons. The predicted octanol–water partition coefficient (Wildman–Crippen LogP) is 3.66. The summed E-state index contributed by atoms with van der Waals surface area (Å²) in [7, 11) is 0. The fraction of sp³-hybridized carbons (Fsp3) is 0.176. The third-order valence-corrected chi connectivity index (χ3v) is 3.88. The van der Waals surface area contributed by atoms with Crippen molar-refractivity contribution in [3.63, 3.8) is 0 Å². The van der Waals surface area contributed by atoms with Gasteiger partial charge in [-0.15, -0.1) is 0 Å². The van der Waals surface area contributed by atoms with Crippen LogP contribution in [0.25, 0.3) is 10.8 Å². The van der Waals surface area contributed by atoms with Crippen molar-refractivity contribution in [1.82, 2.24) is 14.8 Å². The van der Waals surface area contributed by atoms with Crippen LogP contribution < -0.4 is 10.9 Å². The summed E-state index contributed by atoms with van der Waals surface area (Å²) >= 11 is 0. The van der Waals surface area contributed by atoms with Crippen LogP contribution in [0.2, 0.25) is 0 Å². The second-order valence-electron chi connectivity index (χ2n) is 5.94. The fourth-order valence-corrected chi connectivity index (χ4v) is 2.57. The quantitative estimate of drug-likeness (QED) is 0.636. The molecule has 0 spiro atoms. The van der Waals surface area contributed by atoms with E-state index in [1.165, 1.54) is 0 Å². The van der Waals surface area contributed by atoms with Gasteiger partial charge in [0.25, 0.3) is 12.0 Å². The maximum Gasteiger partial charge on any atom is 0.416 e. The molecule has 1 aromatic carbocycles. The molecule has 3 rings (SSSR count). The molecule has 2 aromatic heterocycles. The third-order valence-electron chi connectivity index (χ3n) is 3.88. The van der Waals surface area contributed by atoms with Crippen molar-refractivity contribution in [3.8, 4) is 0 Å². The van der Waals surface area contributed by atoms with Gasteiger partial charge >= 0.3 is 6.18 Å². The normalized spacial score (nSPS) is 11.9. The number of halogens is 7. The minimum Gasteiger partial charge on any atom is -0.307 e. The Morgan fingerprint density at radius 3 is 2.43 bits per heavy atom. The first-order valence-electron chi connectivity index (χ1n) is 7.98. The number of rotatable bonds is 4. The summed E-state index contributed by atoms with van der Waals surface area (Å²) in [4.78, 5) is 27.7. The van der Waals surface area contributed by atoms with Crippen LogP contribution >= 0.6 is 0 Å². The maximum absolute atomic E-state index is 13.5. The molecule has 1 N–H and O–H groups in total. The molecule has 0 unspecified atom stereocenters. The molecule has 0 fully saturated rings. The number of hydrogen-bond donors (Lipinski definition) is 1. The van der Waals surface area contributed by atoms with Crippen molar-refractivity contribution in [2.45, 2.75) is 19.1 Å². The lowest BCUT2D eigenvalue weighted by molar-refractivity contribution is -0.137. The molecule has 0 radical (unpaired) electrons. The summed E-state index contributed by atoms with van der Waals surface area (Å²) in [5.74, 6) is -4.04. The summed E-state index contributed by atoms with van der Waals surface area (Å²) in [6.45, 7) is -0.978. The van der Waals surface area contributed by atoms with Gasteiger partial charge in [0, 0.05) is 11.5 Å². The Balaban J connectivity index is 2.01. The molecule has 3 aromatic rings. The molecular formula is C17H9F7N4O2. The fourth-order valence-electron chi connectivity index (χ4n) is 2.57. The molecule has 13 heteroatoms. The van der Waals surface area contributed by atoms with Gasteiger partial charge in [-0.3, -0.25) is 9.59 Å². The Morgan fingerprint density at radius 2 is 1.83 bits per heavy atom. The lowest BCUT2D eigenvalue weighted by Gasteiger charge is -2.13. The molecule has 1 amide bonds. The van der Waals surface area contributed by atoms with E-state index in [9.17, 15) is 40.3 Å². The Labute approximate surface area is 161 Å². The average Bonchev–Trinajstić information content (AvgIpc) is 2.65. The lowest BCUT2D eigenvalue weighted by Crippen LogP contribution is -2.31. The summed E-state index contributed by atoms with van der Waals surface area (Å²) in [5.41, 5.74) is -3.52. The van der Waals surface area contributed by atoms with Crippen LogP contribution in [-0.4, -0.2) is 20.7 Å². The van der Waals surface area contributed by atoms with Crippen molar-refractivity contribution >= 4 is 22.5 Å².